The van der Waals surface area contributed by atoms with Gasteiger partial charge in [0.05, 0.1) is 21.6 Å². The number of hydrogen-bond acceptors (Lipinski definition) is 3. The summed E-state index contributed by atoms with van der Waals surface area (Å²) in [5.41, 5.74) is 1.71. The summed E-state index contributed by atoms with van der Waals surface area (Å²) in [7, 11) is -3.59. The fourth-order valence-electron chi connectivity index (χ4n) is 2.58. The summed E-state index contributed by atoms with van der Waals surface area (Å²) in [4.78, 5) is 0.240. The molecule has 3 rings (SSSR count). The summed E-state index contributed by atoms with van der Waals surface area (Å²) in [5, 5.41) is 3.91. The van der Waals surface area contributed by atoms with Crippen molar-refractivity contribution in [2.45, 2.75) is 10.9 Å². The number of halogens is 1. The summed E-state index contributed by atoms with van der Waals surface area (Å²) in [6.07, 6.45) is 0. The van der Waals surface area contributed by atoms with E-state index in [-0.39, 0.29) is 17.5 Å². The average molecular weight is 387 g/mol. The lowest BCUT2D eigenvalue weighted by atomic mass is 10.1. The van der Waals surface area contributed by atoms with Crippen molar-refractivity contribution in [3.63, 3.8) is 0 Å². The molecule has 134 valence electrons. The summed E-state index contributed by atoms with van der Waals surface area (Å²) in [6.45, 7) is 0.187. The number of rotatable bonds is 7. The van der Waals surface area contributed by atoms with Crippen LogP contribution in [0.1, 0.15) is 11.6 Å². The van der Waals surface area contributed by atoms with Gasteiger partial charge >= 0.3 is 0 Å². The van der Waals surface area contributed by atoms with Gasteiger partial charge in [0, 0.05) is 6.54 Å². The third-order valence-electron chi connectivity index (χ3n) is 3.94. The number of benzene rings is 3. The van der Waals surface area contributed by atoms with Crippen LogP contribution in [-0.2, 0) is 10.0 Å². The third-order valence-corrected chi connectivity index (χ3v) is 5.71. The van der Waals surface area contributed by atoms with Gasteiger partial charge in [-0.05, 0) is 29.8 Å². The van der Waals surface area contributed by atoms with E-state index in [0.717, 1.165) is 11.3 Å². The van der Waals surface area contributed by atoms with Crippen molar-refractivity contribution in [2.24, 2.45) is 0 Å². The molecule has 0 radical (unpaired) electrons. The SMILES string of the molecule is O=S(=O)(NC[C@@H](Nc1ccccc1Cl)c1ccccc1)c1ccccc1. The quantitative estimate of drug-likeness (QED) is 0.629. The Hall–Kier alpha value is -2.34. The van der Waals surface area contributed by atoms with Gasteiger partial charge in [-0.25, -0.2) is 13.1 Å². The topological polar surface area (TPSA) is 58.2 Å². The molecule has 0 aliphatic carbocycles. The molecule has 0 fully saturated rings. The molecule has 3 aromatic carbocycles. The second kappa shape index (κ2) is 8.36. The molecule has 0 amide bonds. The molecule has 2 N–H and O–H groups in total. The van der Waals surface area contributed by atoms with Crippen molar-refractivity contribution in [3.8, 4) is 0 Å². The second-order valence-electron chi connectivity index (χ2n) is 5.75. The van der Waals surface area contributed by atoms with Crippen molar-refractivity contribution >= 4 is 27.3 Å². The van der Waals surface area contributed by atoms with Crippen molar-refractivity contribution in [2.75, 3.05) is 11.9 Å². The largest absolute Gasteiger partial charge is 0.376 e. The van der Waals surface area contributed by atoms with Crippen LogP contribution in [0.5, 0.6) is 0 Å². The number of nitrogens with one attached hydrogen (secondary N) is 2. The Morgan fingerprint density at radius 2 is 1.38 bits per heavy atom. The highest BCUT2D eigenvalue weighted by Gasteiger charge is 2.18. The Kier molecular flexibility index (Phi) is 5.93. The highest BCUT2D eigenvalue weighted by molar-refractivity contribution is 7.89. The van der Waals surface area contributed by atoms with Crippen LogP contribution in [0.15, 0.2) is 89.8 Å². The zero-order chi connectivity index (χ0) is 18.4. The van der Waals surface area contributed by atoms with Gasteiger partial charge in [-0.15, -0.1) is 0 Å². The smallest absolute Gasteiger partial charge is 0.240 e. The van der Waals surface area contributed by atoms with Gasteiger partial charge in [-0.1, -0.05) is 72.3 Å². The molecule has 0 spiro atoms. The highest BCUT2D eigenvalue weighted by atomic mass is 35.5. The number of hydrogen-bond donors (Lipinski definition) is 2. The first-order valence-electron chi connectivity index (χ1n) is 8.17. The predicted molar refractivity (Wildman–Crippen MR) is 106 cm³/mol. The number of sulfonamides is 1. The van der Waals surface area contributed by atoms with Crippen LogP contribution in [0, 0.1) is 0 Å². The first-order valence-corrected chi connectivity index (χ1v) is 10.0. The van der Waals surface area contributed by atoms with E-state index in [4.69, 9.17) is 11.6 Å². The van der Waals surface area contributed by atoms with Crippen molar-refractivity contribution in [1.82, 2.24) is 4.72 Å². The molecular formula is C20H19ClN2O2S. The maximum atomic E-state index is 12.5. The summed E-state index contributed by atoms with van der Waals surface area (Å²) >= 11 is 6.24. The molecule has 1 atom stereocenters. The standard InChI is InChI=1S/C20H19ClN2O2S/c21-18-13-7-8-14-19(18)23-20(16-9-3-1-4-10-16)15-22-26(24,25)17-11-5-2-6-12-17/h1-14,20,22-23H,15H2/t20-/m1/s1. The Morgan fingerprint density at radius 3 is 2.04 bits per heavy atom. The Balaban J connectivity index is 1.82. The normalized spacial score (nSPS) is 12.5. The molecule has 0 saturated carbocycles. The van der Waals surface area contributed by atoms with E-state index in [1.807, 2.05) is 48.5 Å². The second-order valence-corrected chi connectivity index (χ2v) is 7.93. The van der Waals surface area contributed by atoms with Crippen LogP contribution in [0.3, 0.4) is 0 Å². The lowest BCUT2D eigenvalue weighted by Crippen LogP contribution is -2.31. The lowest BCUT2D eigenvalue weighted by Gasteiger charge is -2.22. The van der Waals surface area contributed by atoms with Gasteiger partial charge in [0.2, 0.25) is 10.0 Å². The van der Waals surface area contributed by atoms with Crippen molar-refractivity contribution < 1.29 is 8.42 Å². The van der Waals surface area contributed by atoms with Crippen LogP contribution in [0.25, 0.3) is 0 Å². The van der Waals surface area contributed by atoms with E-state index in [0.29, 0.717) is 5.02 Å². The Bertz CT molecular complexity index is 948. The molecule has 0 bridgehead atoms. The molecular weight excluding hydrogens is 368 g/mol. The minimum Gasteiger partial charge on any atom is -0.376 e. The predicted octanol–water partition coefficient (Wildman–Crippen LogP) is 4.47. The zero-order valence-electron chi connectivity index (χ0n) is 14.0. The molecule has 0 aliphatic rings. The molecule has 4 nitrogen and oxygen atoms in total. The van der Waals surface area contributed by atoms with Crippen LogP contribution in [-0.4, -0.2) is 15.0 Å². The van der Waals surface area contributed by atoms with Gasteiger partial charge < -0.3 is 5.32 Å². The first kappa shape index (κ1) is 18.5. The fourth-order valence-corrected chi connectivity index (χ4v) is 3.84. The van der Waals surface area contributed by atoms with Gasteiger partial charge in [-0.2, -0.15) is 0 Å². The van der Waals surface area contributed by atoms with Gasteiger partial charge in [0.25, 0.3) is 0 Å². The van der Waals surface area contributed by atoms with Crippen LogP contribution in [0.2, 0.25) is 5.02 Å². The Morgan fingerprint density at radius 1 is 0.808 bits per heavy atom. The summed E-state index contributed by atoms with van der Waals surface area (Å²) < 4.78 is 27.7. The monoisotopic (exact) mass is 386 g/mol. The molecule has 0 unspecified atom stereocenters. The van der Waals surface area contributed by atoms with E-state index < -0.39 is 10.0 Å². The first-order chi connectivity index (χ1) is 12.6. The van der Waals surface area contributed by atoms with Crippen molar-refractivity contribution in [3.05, 3.63) is 95.5 Å². The third kappa shape index (κ3) is 4.64. The van der Waals surface area contributed by atoms with E-state index in [1.165, 1.54) is 0 Å². The van der Waals surface area contributed by atoms with E-state index >= 15 is 0 Å². The maximum Gasteiger partial charge on any atom is 0.240 e. The van der Waals surface area contributed by atoms with Gasteiger partial charge in [0.15, 0.2) is 0 Å². The number of para-hydroxylation sites is 1. The summed E-state index contributed by atoms with van der Waals surface area (Å²) in [5.74, 6) is 0. The van der Waals surface area contributed by atoms with Crippen LogP contribution in [0.4, 0.5) is 5.69 Å². The summed E-state index contributed by atoms with van der Waals surface area (Å²) in [6, 6.07) is 25.1. The molecule has 0 heterocycles. The van der Waals surface area contributed by atoms with Crippen molar-refractivity contribution in [1.29, 1.82) is 0 Å². The maximum absolute atomic E-state index is 12.5. The van der Waals surface area contributed by atoms with Crippen LogP contribution >= 0.6 is 11.6 Å². The minimum absolute atomic E-state index is 0.187. The lowest BCUT2D eigenvalue weighted by molar-refractivity contribution is 0.576. The molecule has 0 aliphatic heterocycles. The number of anilines is 1. The minimum atomic E-state index is -3.59. The molecule has 26 heavy (non-hydrogen) atoms. The van der Waals surface area contributed by atoms with Gasteiger partial charge in [-0.3, -0.25) is 0 Å². The van der Waals surface area contributed by atoms with Crippen LogP contribution < -0.4 is 10.0 Å². The average Bonchev–Trinajstić information content (AvgIpc) is 2.68. The molecule has 0 saturated heterocycles. The molecule has 3 aromatic rings. The van der Waals surface area contributed by atoms with Gasteiger partial charge in [0.1, 0.15) is 0 Å². The Labute approximate surface area is 158 Å². The van der Waals surface area contributed by atoms with E-state index in [2.05, 4.69) is 10.0 Å². The molecule has 0 aromatic heterocycles. The van der Waals surface area contributed by atoms with E-state index in [1.54, 1.807) is 36.4 Å². The highest BCUT2D eigenvalue weighted by Crippen LogP contribution is 2.26. The fraction of sp³-hybridized carbons (Fsp3) is 0.100. The molecule has 6 heteroatoms. The van der Waals surface area contributed by atoms with E-state index in [9.17, 15) is 8.42 Å². The zero-order valence-corrected chi connectivity index (χ0v) is 15.5.